The number of hydrogen-bond acceptors (Lipinski definition) is 8. The van der Waals surface area contributed by atoms with E-state index in [1.54, 1.807) is 30.3 Å². The maximum atomic E-state index is 13.5. The average molecular weight is 450 g/mol. The van der Waals surface area contributed by atoms with Crippen molar-refractivity contribution in [2.45, 2.75) is 11.8 Å². The van der Waals surface area contributed by atoms with Gasteiger partial charge in [0.1, 0.15) is 18.4 Å². The van der Waals surface area contributed by atoms with Crippen molar-refractivity contribution in [3.63, 3.8) is 0 Å². The molecule has 1 aliphatic rings. The smallest absolute Gasteiger partial charge is 0.264 e. The number of nitriles is 1. The minimum absolute atomic E-state index is 0.0722. The van der Waals surface area contributed by atoms with Crippen molar-refractivity contribution in [3.05, 3.63) is 59.6 Å². The lowest BCUT2D eigenvalue weighted by Gasteiger charge is -2.31. The Balaban J connectivity index is 1.58. The van der Waals surface area contributed by atoms with E-state index in [0.29, 0.717) is 17.0 Å². The number of ether oxygens (including phenoxy) is 1. The van der Waals surface area contributed by atoms with Crippen LogP contribution in [0.3, 0.4) is 0 Å². The molecule has 0 saturated carbocycles. The molecular weight excluding hydrogens is 434 g/mol. The largest absolute Gasteiger partial charge is 0.489 e. The molecule has 1 aliphatic heterocycles. The number of hydrogen-bond donors (Lipinski definition) is 0. The van der Waals surface area contributed by atoms with Crippen molar-refractivity contribution in [1.29, 1.82) is 5.26 Å². The van der Waals surface area contributed by atoms with Crippen LogP contribution in [0, 0.1) is 18.3 Å². The Morgan fingerprint density at radius 1 is 1.13 bits per heavy atom. The highest BCUT2D eigenvalue weighted by Gasteiger charge is 2.31. The van der Waals surface area contributed by atoms with E-state index < -0.39 is 10.0 Å². The predicted octanol–water partition coefficient (Wildman–Crippen LogP) is 3.52. The number of rotatable bonds is 3. The third-order valence-electron chi connectivity index (χ3n) is 4.92. The zero-order valence-corrected chi connectivity index (χ0v) is 17.9. The van der Waals surface area contributed by atoms with E-state index in [9.17, 15) is 8.42 Å². The fourth-order valence-corrected chi connectivity index (χ4v) is 5.88. The molecule has 0 radical (unpaired) electrons. The highest BCUT2D eigenvalue weighted by molar-refractivity contribution is 7.92. The number of aromatic nitrogens is 3. The zero-order chi connectivity index (χ0) is 21.6. The Morgan fingerprint density at radius 3 is 2.71 bits per heavy atom. The van der Waals surface area contributed by atoms with Gasteiger partial charge in [-0.3, -0.25) is 4.31 Å². The zero-order valence-electron chi connectivity index (χ0n) is 16.3. The number of aryl methyl sites for hydroxylation is 1. The van der Waals surface area contributed by atoms with E-state index >= 15 is 0 Å². The summed E-state index contributed by atoms with van der Waals surface area (Å²) in [7, 11) is -3.81. The molecule has 0 N–H and O–H groups in total. The molecule has 2 aromatic heterocycles. The van der Waals surface area contributed by atoms with E-state index in [-0.39, 0.29) is 23.9 Å². The van der Waals surface area contributed by atoms with Crippen molar-refractivity contribution in [1.82, 2.24) is 15.0 Å². The van der Waals surface area contributed by atoms with Crippen LogP contribution >= 0.6 is 11.3 Å². The van der Waals surface area contributed by atoms with Gasteiger partial charge >= 0.3 is 0 Å². The highest BCUT2D eigenvalue weighted by Crippen LogP contribution is 2.39. The lowest BCUT2D eigenvalue weighted by atomic mass is 10.1. The van der Waals surface area contributed by atoms with Crippen LogP contribution in [-0.4, -0.2) is 36.5 Å². The second kappa shape index (κ2) is 7.30. The average Bonchev–Trinajstić information content (AvgIpc) is 3.17. The topological polar surface area (TPSA) is 109 Å². The van der Waals surface area contributed by atoms with Crippen LogP contribution in [0.1, 0.15) is 10.8 Å². The molecule has 0 aliphatic carbocycles. The second-order valence-electron chi connectivity index (χ2n) is 6.88. The molecule has 0 amide bonds. The SMILES string of the molecule is Cc1nc2ccc(S(=O)(=O)N3CCOc4ccc(-c5cnc(C#N)nc5)cc43)cc2s1. The molecule has 0 saturated heterocycles. The van der Waals surface area contributed by atoms with Crippen LogP contribution in [0.15, 0.2) is 53.7 Å². The van der Waals surface area contributed by atoms with E-state index in [1.807, 2.05) is 19.1 Å². The van der Waals surface area contributed by atoms with Crippen molar-refractivity contribution < 1.29 is 13.2 Å². The van der Waals surface area contributed by atoms with Crippen LogP contribution in [0.25, 0.3) is 21.3 Å². The summed E-state index contributed by atoms with van der Waals surface area (Å²) in [5, 5.41) is 9.77. The second-order valence-corrected chi connectivity index (χ2v) is 9.97. The minimum Gasteiger partial charge on any atom is -0.489 e. The Hall–Kier alpha value is -3.55. The Labute approximate surface area is 182 Å². The van der Waals surface area contributed by atoms with Crippen molar-refractivity contribution in [2.24, 2.45) is 0 Å². The molecule has 0 bridgehead atoms. The van der Waals surface area contributed by atoms with Crippen LogP contribution in [0.4, 0.5) is 5.69 Å². The van der Waals surface area contributed by atoms with Gasteiger partial charge in [-0.1, -0.05) is 6.07 Å². The van der Waals surface area contributed by atoms with Gasteiger partial charge in [0, 0.05) is 18.0 Å². The van der Waals surface area contributed by atoms with Gasteiger partial charge < -0.3 is 4.74 Å². The van der Waals surface area contributed by atoms with Crippen LogP contribution in [0.5, 0.6) is 5.75 Å². The summed E-state index contributed by atoms with van der Waals surface area (Å²) in [6, 6.07) is 12.2. The molecule has 10 heteroatoms. The van der Waals surface area contributed by atoms with E-state index in [0.717, 1.165) is 20.8 Å². The maximum Gasteiger partial charge on any atom is 0.264 e. The summed E-state index contributed by atoms with van der Waals surface area (Å²) < 4.78 is 34.9. The van der Waals surface area contributed by atoms with Gasteiger partial charge in [0.2, 0.25) is 5.82 Å². The molecule has 5 rings (SSSR count). The predicted molar refractivity (Wildman–Crippen MR) is 117 cm³/mol. The van der Waals surface area contributed by atoms with Gasteiger partial charge in [0.15, 0.2) is 0 Å². The molecule has 154 valence electrons. The summed E-state index contributed by atoms with van der Waals surface area (Å²) in [5.41, 5.74) is 2.63. The summed E-state index contributed by atoms with van der Waals surface area (Å²) >= 11 is 1.46. The Morgan fingerprint density at radius 2 is 1.94 bits per heavy atom. The van der Waals surface area contributed by atoms with Gasteiger partial charge in [-0.05, 0) is 42.8 Å². The quantitative estimate of drug-likeness (QED) is 0.471. The molecule has 8 nitrogen and oxygen atoms in total. The number of benzene rings is 2. The summed E-state index contributed by atoms with van der Waals surface area (Å²) in [4.78, 5) is 12.6. The monoisotopic (exact) mass is 449 g/mol. The van der Waals surface area contributed by atoms with E-state index in [1.165, 1.54) is 28.0 Å². The molecule has 4 aromatic rings. The van der Waals surface area contributed by atoms with Crippen molar-refractivity contribution >= 4 is 37.3 Å². The molecule has 0 spiro atoms. The number of thiazole rings is 1. The maximum absolute atomic E-state index is 13.5. The number of nitrogens with zero attached hydrogens (tertiary/aromatic N) is 5. The summed E-state index contributed by atoms with van der Waals surface area (Å²) in [6.45, 7) is 2.35. The van der Waals surface area contributed by atoms with Gasteiger partial charge in [0.25, 0.3) is 10.0 Å². The van der Waals surface area contributed by atoms with Crippen LogP contribution in [0.2, 0.25) is 0 Å². The first-order valence-corrected chi connectivity index (χ1v) is 11.6. The first kappa shape index (κ1) is 19.4. The van der Waals surface area contributed by atoms with Crippen LogP contribution in [-0.2, 0) is 10.0 Å². The first-order chi connectivity index (χ1) is 15.0. The fraction of sp³-hybridized carbons (Fsp3) is 0.143. The fourth-order valence-electron chi connectivity index (χ4n) is 3.47. The minimum atomic E-state index is -3.81. The Kier molecular flexibility index (Phi) is 4.57. The van der Waals surface area contributed by atoms with Crippen molar-refractivity contribution in [3.8, 4) is 22.9 Å². The number of fused-ring (bicyclic) bond motifs is 2. The number of anilines is 1. The highest BCUT2D eigenvalue weighted by atomic mass is 32.2. The van der Waals surface area contributed by atoms with Crippen LogP contribution < -0.4 is 9.04 Å². The third-order valence-corrected chi connectivity index (χ3v) is 7.66. The Bertz CT molecular complexity index is 1460. The lowest BCUT2D eigenvalue weighted by molar-refractivity contribution is 0.316. The van der Waals surface area contributed by atoms with Gasteiger partial charge in [-0.15, -0.1) is 11.3 Å². The van der Waals surface area contributed by atoms with Gasteiger partial charge in [0.05, 0.1) is 32.4 Å². The van der Waals surface area contributed by atoms with Gasteiger partial charge in [-0.2, -0.15) is 5.26 Å². The summed E-state index contributed by atoms with van der Waals surface area (Å²) in [5.74, 6) is 0.561. The normalized spacial score (nSPS) is 13.5. The van der Waals surface area contributed by atoms with Crippen molar-refractivity contribution in [2.75, 3.05) is 17.5 Å². The molecular formula is C21H15N5O3S2. The van der Waals surface area contributed by atoms with Gasteiger partial charge in [-0.25, -0.2) is 23.4 Å². The standard InChI is InChI=1S/C21H15N5O3S2/c1-13-25-17-4-3-16(9-20(17)30-13)31(27,28)26-6-7-29-19-5-2-14(8-18(19)26)15-11-23-21(10-22)24-12-15/h2-5,8-9,11-12H,6-7H2,1H3. The molecule has 0 unspecified atom stereocenters. The van der Waals surface area contributed by atoms with E-state index in [2.05, 4.69) is 15.0 Å². The summed E-state index contributed by atoms with van der Waals surface area (Å²) in [6.07, 6.45) is 3.08. The third kappa shape index (κ3) is 3.37. The lowest BCUT2D eigenvalue weighted by Crippen LogP contribution is -2.37. The molecule has 31 heavy (non-hydrogen) atoms. The number of sulfonamides is 1. The molecule has 0 fully saturated rings. The molecule has 3 heterocycles. The molecule has 0 atom stereocenters. The van der Waals surface area contributed by atoms with E-state index in [4.69, 9.17) is 10.00 Å². The first-order valence-electron chi connectivity index (χ1n) is 9.35. The molecule has 2 aromatic carbocycles.